The smallest absolute Gasteiger partial charge is 0.428 e. The molecule has 9 heteroatoms. The van der Waals surface area contributed by atoms with Gasteiger partial charge >= 0.3 is 12.3 Å². The van der Waals surface area contributed by atoms with Crippen molar-refractivity contribution in [1.82, 2.24) is 10.2 Å². The lowest BCUT2D eigenvalue weighted by molar-refractivity contribution is -0.129. The second kappa shape index (κ2) is 19.4. The average molecular weight is 553 g/mol. The van der Waals surface area contributed by atoms with E-state index in [2.05, 4.69) is 29.1 Å². The van der Waals surface area contributed by atoms with Gasteiger partial charge in [0.25, 0.3) is 0 Å². The number of carbonyl (C=O) groups is 3. The molecule has 2 aliphatic rings. The number of carbonyl (C=O) groups excluding carboxylic acids is 3. The van der Waals surface area contributed by atoms with E-state index in [-0.39, 0.29) is 5.91 Å². The highest BCUT2D eigenvalue weighted by Crippen LogP contribution is 2.12. The normalized spacial score (nSPS) is 15.6. The zero-order chi connectivity index (χ0) is 29.9. The number of hydrogen-bond donors (Lipinski definition) is 1. The predicted octanol–water partition coefficient (Wildman–Crippen LogP) is 6.27. The minimum absolute atomic E-state index is 0.231. The summed E-state index contributed by atoms with van der Waals surface area (Å²) in [5.41, 5.74) is -0.0689. The van der Waals surface area contributed by atoms with Gasteiger partial charge in [-0.3, -0.25) is 4.79 Å². The van der Waals surface area contributed by atoms with Gasteiger partial charge in [0.15, 0.2) is 0 Å². The summed E-state index contributed by atoms with van der Waals surface area (Å²) >= 11 is 0. The molecule has 0 bridgehead atoms. The Morgan fingerprint density at radius 3 is 1.59 bits per heavy atom. The third-order valence-electron chi connectivity index (χ3n) is 5.32. The van der Waals surface area contributed by atoms with Crippen LogP contribution in [0.4, 0.5) is 9.59 Å². The molecule has 0 saturated carbocycles. The minimum atomic E-state index is -1.06. The molecule has 39 heavy (non-hydrogen) atoms. The van der Waals surface area contributed by atoms with E-state index in [1.54, 1.807) is 48.5 Å². The van der Waals surface area contributed by atoms with Gasteiger partial charge in [0, 0.05) is 39.3 Å². The van der Waals surface area contributed by atoms with Gasteiger partial charge in [-0.05, 0) is 87.6 Å². The highest BCUT2D eigenvalue weighted by Gasteiger charge is 2.24. The Labute approximate surface area is 235 Å². The maximum atomic E-state index is 11.0. The number of hydrogen-bond acceptors (Lipinski definition) is 8. The molecule has 0 spiro atoms. The summed E-state index contributed by atoms with van der Waals surface area (Å²) in [5.74, 6) is 0.231. The van der Waals surface area contributed by atoms with E-state index in [4.69, 9.17) is 14.2 Å². The van der Waals surface area contributed by atoms with E-state index in [9.17, 15) is 14.4 Å². The fourth-order valence-electron chi connectivity index (χ4n) is 3.34. The second-order valence-corrected chi connectivity index (χ2v) is 11.4. The van der Waals surface area contributed by atoms with Crippen LogP contribution in [0.3, 0.4) is 0 Å². The van der Waals surface area contributed by atoms with Gasteiger partial charge in [0.05, 0.1) is 0 Å². The Morgan fingerprint density at radius 1 is 0.846 bits per heavy atom. The molecule has 2 aliphatic heterocycles. The van der Waals surface area contributed by atoms with Gasteiger partial charge in [-0.25, -0.2) is 9.59 Å². The maximum absolute atomic E-state index is 11.0. The third kappa shape index (κ3) is 23.0. The number of piperidine rings is 1. The predicted molar refractivity (Wildman–Crippen MR) is 154 cm³/mol. The van der Waals surface area contributed by atoms with Crippen LogP contribution in [0, 0.1) is 6.92 Å². The van der Waals surface area contributed by atoms with Crippen LogP contribution in [-0.2, 0) is 23.7 Å². The summed E-state index contributed by atoms with van der Waals surface area (Å²) in [7, 11) is 2.01. The molecule has 1 N–H and O–H groups in total. The number of nitrogens with one attached hydrogen (secondary N) is 1. The first-order chi connectivity index (χ1) is 18.1. The van der Waals surface area contributed by atoms with E-state index < -0.39 is 23.5 Å². The standard InChI is InChI=1S/C10H18O5.C7H13NO.C7H8.C6H13NO/c1-9(2,3)14-7(11)13-8(12)15-10(4,5)6;1-7(9)8-5-3-2-4-6-8;1-7-5-3-2-4-6-7;1-7-6-2-4-8-5-3-6/h1-6H3;2-6H2,1H3;2-6H,1H3;6-7H,2-5H2,1H3. The van der Waals surface area contributed by atoms with Crippen molar-refractivity contribution in [1.29, 1.82) is 0 Å². The van der Waals surface area contributed by atoms with Crippen LogP contribution in [0.5, 0.6) is 0 Å². The molecule has 1 amide bonds. The number of aryl methyl sites for hydroxylation is 1. The SMILES string of the molecule is CC(=O)N1CCCCC1.CC(C)(C)OC(=O)OC(=O)OC(C)(C)C.CNC1CCOCC1.Cc1ccccc1. The Balaban J connectivity index is 0.000000517. The summed E-state index contributed by atoms with van der Waals surface area (Å²) < 4.78 is 19.0. The van der Waals surface area contributed by atoms with E-state index in [1.165, 1.54) is 37.7 Å². The van der Waals surface area contributed by atoms with Crippen molar-refractivity contribution in [2.24, 2.45) is 0 Å². The number of rotatable bonds is 1. The monoisotopic (exact) mass is 552 g/mol. The second-order valence-electron chi connectivity index (χ2n) is 11.4. The summed E-state index contributed by atoms with van der Waals surface area (Å²) in [6, 6.07) is 11.0. The molecule has 1 aromatic carbocycles. The topological polar surface area (TPSA) is 103 Å². The van der Waals surface area contributed by atoms with Crippen molar-refractivity contribution in [2.45, 2.75) is 105 Å². The van der Waals surface area contributed by atoms with Gasteiger partial charge in [0.1, 0.15) is 11.2 Å². The van der Waals surface area contributed by atoms with Crippen LogP contribution in [0.25, 0.3) is 0 Å². The van der Waals surface area contributed by atoms with Crippen LogP contribution >= 0.6 is 0 Å². The van der Waals surface area contributed by atoms with Gasteiger partial charge < -0.3 is 29.2 Å². The van der Waals surface area contributed by atoms with E-state index in [0.29, 0.717) is 6.04 Å². The molecule has 0 aromatic heterocycles. The van der Waals surface area contributed by atoms with Crippen LogP contribution in [0.1, 0.15) is 86.1 Å². The first-order valence-electron chi connectivity index (χ1n) is 13.8. The quantitative estimate of drug-likeness (QED) is 0.321. The Morgan fingerprint density at radius 2 is 1.31 bits per heavy atom. The van der Waals surface area contributed by atoms with Crippen LogP contribution in [-0.4, -0.2) is 73.7 Å². The summed E-state index contributed by atoms with van der Waals surface area (Å²) in [6.07, 6.45) is 3.92. The van der Waals surface area contributed by atoms with Crippen molar-refractivity contribution in [2.75, 3.05) is 33.4 Å². The molecule has 0 atom stereocenters. The summed E-state index contributed by atoms with van der Waals surface area (Å²) in [6.45, 7) is 17.6. The Kier molecular flexibility index (Phi) is 18.1. The van der Waals surface area contributed by atoms with Crippen molar-refractivity contribution in [3.63, 3.8) is 0 Å². The maximum Gasteiger partial charge on any atom is 0.519 e. The molecule has 0 aliphatic carbocycles. The molecule has 9 nitrogen and oxygen atoms in total. The number of amides is 1. The molecule has 2 saturated heterocycles. The van der Waals surface area contributed by atoms with Gasteiger partial charge in [-0.1, -0.05) is 35.9 Å². The van der Waals surface area contributed by atoms with Gasteiger partial charge in [-0.2, -0.15) is 0 Å². The first-order valence-corrected chi connectivity index (χ1v) is 13.8. The zero-order valence-electron chi connectivity index (χ0n) is 25.6. The molecule has 0 unspecified atom stereocenters. The lowest BCUT2D eigenvalue weighted by Gasteiger charge is -2.24. The van der Waals surface area contributed by atoms with Crippen molar-refractivity contribution in [3.8, 4) is 0 Å². The summed E-state index contributed by atoms with van der Waals surface area (Å²) in [5, 5.41) is 3.22. The first kappa shape index (κ1) is 36.4. The van der Waals surface area contributed by atoms with Crippen molar-refractivity contribution in [3.05, 3.63) is 35.9 Å². The fraction of sp³-hybridized carbons (Fsp3) is 0.700. The zero-order valence-corrected chi connectivity index (χ0v) is 25.6. The fourth-order valence-corrected chi connectivity index (χ4v) is 3.34. The largest absolute Gasteiger partial charge is 0.519 e. The van der Waals surface area contributed by atoms with E-state index in [0.717, 1.165) is 26.3 Å². The number of benzene rings is 1. The lowest BCUT2D eigenvalue weighted by atomic mass is 10.1. The molecule has 1 aromatic rings. The molecular formula is C30H52N2O7. The van der Waals surface area contributed by atoms with Crippen molar-refractivity contribution < 1.29 is 33.3 Å². The highest BCUT2D eigenvalue weighted by molar-refractivity contribution is 5.77. The third-order valence-corrected chi connectivity index (χ3v) is 5.32. The van der Waals surface area contributed by atoms with E-state index >= 15 is 0 Å². The molecule has 2 heterocycles. The molecule has 224 valence electrons. The number of likely N-dealkylation sites (tertiary alicyclic amines) is 1. The Bertz CT molecular complexity index is 779. The highest BCUT2D eigenvalue weighted by atomic mass is 16.8. The van der Waals surface area contributed by atoms with Crippen LogP contribution in [0.2, 0.25) is 0 Å². The van der Waals surface area contributed by atoms with E-state index in [1.807, 2.05) is 30.1 Å². The molecule has 3 rings (SSSR count). The van der Waals surface area contributed by atoms with Crippen LogP contribution < -0.4 is 5.32 Å². The summed E-state index contributed by atoms with van der Waals surface area (Å²) in [4.78, 5) is 34.7. The number of nitrogens with zero attached hydrogens (tertiary/aromatic N) is 1. The molecular weight excluding hydrogens is 500 g/mol. The minimum Gasteiger partial charge on any atom is -0.428 e. The average Bonchev–Trinajstić information content (AvgIpc) is 2.84. The van der Waals surface area contributed by atoms with Crippen molar-refractivity contribution >= 4 is 18.2 Å². The molecule has 2 fully saturated rings. The Hall–Kier alpha value is -2.65. The van der Waals surface area contributed by atoms with Gasteiger partial charge in [-0.15, -0.1) is 0 Å². The lowest BCUT2D eigenvalue weighted by Crippen LogP contribution is -2.33. The van der Waals surface area contributed by atoms with Gasteiger partial charge in [0.2, 0.25) is 5.91 Å². The molecule has 0 radical (unpaired) electrons. The number of ether oxygens (including phenoxy) is 4. The van der Waals surface area contributed by atoms with Crippen LogP contribution in [0.15, 0.2) is 30.3 Å².